The first kappa shape index (κ1) is 19.3. The Labute approximate surface area is 159 Å². The average molecular weight is 377 g/mol. The van der Waals surface area contributed by atoms with Gasteiger partial charge >= 0.3 is 6.03 Å². The maximum absolute atomic E-state index is 12.4. The van der Waals surface area contributed by atoms with Crippen molar-refractivity contribution in [3.8, 4) is 11.5 Å². The van der Waals surface area contributed by atoms with E-state index < -0.39 is 0 Å². The molecule has 0 saturated carbocycles. The van der Waals surface area contributed by atoms with Crippen LogP contribution in [0.2, 0.25) is 0 Å². The molecule has 0 radical (unpaired) electrons. The molecule has 2 heterocycles. The van der Waals surface area contributed by atoms with Gasteiger partial charge < -0.3 is 29.9 Å². The minimum Gasteiger partial charge on any atom is -0.486 e. The molecular weight excluding hydrogens is 348 g/mol. The molecule has 1 aromatic carbocycles. The number of quaternary nitrogens is 1. The zero-order valence-electron chi connectivity index (χ0n) is 16.0. The van der Waals surface area contributed by atoms with E-state index in [0.717, 1.165) is 25.3 Å². The lowest BCUT2D eigenvalue weighted by atomic mass is 10.2. The molecular formula is C19H29N4O4+. The van der Waals surface area contributed by atoms with E-state index in [4.69, 9.17) is 9.47 Å². The summed E-state index contributed by atoms with van der Waals surface area (Å²) in [5, 5.41) is 5.79. The highest BCUT2D eigenvalue weighted by molar-refractivity contribution is 5.97. The quantitative estimate of drug-likeness (QED) is 0.614. The number of rotatable bonds is 7. The lowest BCUT2D eigenvalue weighted by Crippen LogP contribution is -3.12. The number of ether oxygens (including phenoxy) is 2. The molecule has 0 bridgehead atoms. The summed E-state index contributed by atoms with van der Waals surface area (Å²) in [5.74, 6) is 1.34. The van der Waals surface area contributed by atoms with E-state index in [9.17, 15) is 9.59 Å². The molecule has 27 heavy (non-hydrogen) atoms. The summed E-state index contributed by atoms with van der Waals surface area (Å²) in [4.78, 5) is 27.6. The average Bonchev–Trinajstić information content (AvgIpc) is 3.04. The molecule has 3 amide bonds. The number of anilines is 1. The van der Waals surface area contributed by atoms with Gasteiger partial charge in [-0.1, -0.05) is 0 Å². The van der Waals surface area contributed by atoms with Gasteiger partial charge in [0.15, 0.2) is 11.5 Å². The van der Waals surface area contributed by atoms with Crippen LogP contribution >= 0.6 is 0 Å². The molecule has 148 valence electrons. The number of hydrogen-bond donors (Lipinski definition) is 3. The zero-order valence-corrected chi connectivity index (χ0v) is 16.0. The Bertz CT molecular complexity index is 678. The molecule has 8 nitrogen and oxygen atoms in total. The van der Waals surface area contributed by atoms with E-state index in [2.05, 4.69) is 24.5 Å². The van der Waals surface area contributed by atoms with Crippen LogP contribution in [0.3, 0.4) is 0 Å². The smallest absolute Gasteiger partial charge is 0.315 e. The van der Waals surface area contributed by atoms with Gasteiger partial charge in [-0.05, 0) is 26.0 Å². The summed E-state index contributed by atoms with van der Waals surface area (Å²) < 4.78 is 11.1. The second-order valence-corrected chi connectivity index (χ2v) is 6.84. The minimum absolute atomic E-state index is 0.00966. The zero-order chi connectivity index (χ0) is 19.2. The third-order valence-electron chi connectivity index (χ3n) is 5.06. The summed E-state index contributed by atoms with van der Waals surface area (Å²) in [7, 11) is 0. The lowest BCUT2D eigenvalue weighted by Gasteiger charge is -2.22. The van der Waals surface area contributed by atoms with Crippen molar-refractivity contribution < 1.29 is 24.0 Å². The first-order chi connectivity index (χ1) is 13.1. The maximum atomic E-state index is 12.4. The van der Waals surface area contributed by atoms with Crippen molar-refractivity contribution in [1.82, 2.24) is 10.6 Å². The van der Waals surface area contributed by atoms with Crippen molar-refractivity contribution in [2.45, 2.75) is 26.3 Å². The Morgan fingerprint density at radius 1 is 1.22 bits per heavy atom. The van der Waals surface area contributed by atoms with E-state index in [1.807, 2.05) is 18.2 Å². The lowest BCUT2D eigenvalue weighted by molar-refractivity contribution is -0.895. The molecule has 0 unspecified atom stereocenters. The number of fused-ring (bicyclic) bond motifs is 1. The molecule has 3 rings (SSSR count). The van der Waals surface area contributed by atoms with Gasteiger partial charge in [-0.2, -0.15) is 0 Å². The van der Waals surface area contributed by atoms with Crippen LogP contribution in [0, 0.1) is 0 Å². The highest BCUT2D eigenvalue weighted by atomic mass is 16.6. The topological polar surface area (TPSA) is 84.3 Å². The van der Waals surface area contributed by atoms with Gasteiger partial charge in [-0.3, -0.25) is 4.79 Å². The largest absolute Gasteiger partial charge is 0.486 e. The number of nitrogens with zero attached hydrogens (tertiary/aromatic N) is 1. The standard InChI is InChI=1S/C19H28N4O4/c1-3-22(4-2)8-7-20-19(25)21-14-11-18(24)23(13-14)15-5-6-16-17(12-15)27-10-9-26-16/h5-6,12,14H,3-4,7-11,13H2,1-2H3,(H2,20,21,25)/p+1/t14-/m0/s1. The van der Waals surface area contributed by atoms with Gasteiger partial charge in [0, 0.05) is 24.7 Å². The van der Waals surface area contributed by atoms with Crippen molar-refractivity contribution in [3.63, 3.8) is 0 Å². The number of nitrogens with one attached hydrogen (secondary N) is 3. The number of amides is 3. The summed E-state index contributed by atoms with van der Waals surface area (Å²) in [6.07, 6.45) is 0.295. The second kappa shape index (κ2) is 8.94. The van der Waals surface area contributed by atoms with Crippen LogP contribution in [0.25, 0.3) is 0 Å². The van der Waals surface area contributed by atoms with E-state index in [1.165, 1.54) is 4.90 Å². The fourth-order valence-corrected chi connectivity index (χ4v) is 3.45. The van der Waals surface area contributed by atoms with Crippen molar-refractivity contribution in [2.24, 2.45) is 0 Å². The van der Waals surface area contributed by atoms with Crippen LogP contribution in [-0.2, 0) is 4.79 Å². The Morgan fingerprint density at radius 3 is 2.70 bits per heavy atom. The van der Waals surface area contributed by atoms with Crippen LogP contribution in [0.5, 0.6) is 11.5 Å². The summed E-state index contributed by atoms with van der Waals surface area (Å²) in [6.45, 7) is 9.36. The minimum atomic E-state index is -0.219. The van der Waals surface area contributed by atoms with E-state index in [0.29, 0.717) is 44.2 Å². The molecule has 1 fully saturated rings. The normalized spacial score (nSPS) is 18.7. The Hall–Kier alpha value is -2.48. The molecule has 2 aliphatic rings. The molecule has 0 aromatic heterocycles. The van der Waals surface area contributed by atoms with Crippen LogP contribution in [-0.4, -0.2) is 63.9 Å². The molecule has 3 N–H and O–H groups in total. The van der Waals surface area contributed by atoms with E-state index in [-0.39, 0.29) is 18.0 Å². The molecule has 0 aliphatic carbocycles. The third kappa shape index (κ3) is 4.82. The molecule has 8 heteroatoms. The van der Waals surface area contributed by atoms with Gasteiger partial charge in [0.2, 0.25) is 5.91 Å². The van der Waals surface area contributed by atoms with Crippen molar-refractivity contribution in [1.29, 1.82) is 0 Å². The van der Waals surface area contributed by atoms with E-state index in [1.54, 1.807) is 4.90 Å². The molecule has 1 saturated heterocycles. The summed E-state index contributed by atoms with van der Waals surface area (Å²) in [6, 6.07) is 5.07. The molecule has 1 atom stereocenters. The fourth-order valence-electron chi connectivity index (χ4n) is 3.45. The molecule has 2 aliphatic heterocycles. The maximum Gasteiger partial charge on any atom is 0.315 e. The number of urea groups is 1. The van der Waals surface area contributed by atoms with Gasteiger partial charge in [0.25, 0.3) is 0 Å². The van der Waals surface area contributed by atoms with Crippen molar-refractivity contribution in [3.05, 3.63) is 18.2 Å². The van der Waals surface area contributed by atoms with Crippen LogP contribution in [0.4, 0.5) is 10.5 Å². The summed E-state index contributed by atoms with van der Waals surface area (Å²) >= 11 is 0. The van der Waals surface area contributed by atoms with Crippen LogP contribution < -0.4 is 29.9 Å². The molecule has 0 spiro atoms. The highest BCUT2D eigenvalue weighted by Crippen LogP contribution is 2.35. The number of carbonyl (C=O) groups is 2. The van der Waals surface area contributed by atoms with Crippen LogP contribution in [0.15, 0.2) is 18.2 Å². The third-order valence-corrected chi connectivity index (χ3v) is 5.06. The van der Waals surface area contributed by atoms with Crippen molar-refractivity contribution in [2.75, 3.05) is 50.8 Å². The number of likely N-dealkylation sites (N-methyl/N-ethyl adjacent to an activating group) is 1. The predicted octanol–water partition coefficient (Wildman–Crippen LogP) is -0.213. The monoisotopic (exact) mass is 377 g/mol. The van der Waals surface area contributed by atoms with Gasteiger partial charge in [0.05, 0.1) is 32.2 Å². The van der Waals surface area contributed by atoms with Crippen molar-refractivity contribution >= 4 is 17.6 Å². The highest BCUT2D eigenvalue weighted by Gasteiger charge is 2.32. The first-order valence-electron chi connectivity index (χ1n) is 9.68. The van der Waals surface area contributed by atoms with E-state index >= 15 is 0 Å². The Morgan fingerprint density at radius 2 is 1.96 bits per heavy atom. The van der Waals surface area contributed by atoms with Gasteiger partial charge in [-0.15, -0.1) is 0 Å². The van der Waals surface area contributed by atoms with Crippen LogP contribution in [0.1, 0.15) is 20.3 Å². The van der Waals surface area contributed by atoms with Gasteiger partial charge in [-0.25, -0.2) is 4.79 Å². The van der Waals surface area contributed by atoms with Gasteiger partial charge in [0.1, 0.15) is 13.2 Å². The summed E-state index contributed by atoms with van der Waals surface area (Å²) in [5.41, 5.74) is 0.763. The fraction of sp³-hybridized carbons (Fsp3) is 0.579. The Kier molecular flexibility index (Phi) is 6.39. The second-order valence-electron chi connectivity index (χ2n) is 6.84. The number of benzene rings is 1. The SMILES string of the molecule is CC[NH+](CC)CCNC(=O)N[C@H]1CC(=O)N(c2ccc3c(c2)OCCO3)C1. The number of hydrogen-bond acceptors (Lipinski definition) is 4. The predicted molar refractivity (Wildman–Crippen MR) is 102 cm³/mol. The first-order valence-corrected chi connectivity index (χ1v) is 9.68. The number of carbonyl (C=O) groups excluding carboxylic acids is 2. The Balaban J connectivity index is 1.51. The molecule has 1 aromatic rings.